The Bertz CT molecular complexity index is 874. The molecule has 0 amide bonds. The molecule has 3 rings (SSSR count). The first-order chi connectivity index (χ1) is 14.4. The predicted octanol–water partition coefficient (Wildman–Crippen LogP) is 5.97. The Hall–Kier alpha value is -2.31. The first-order valence-corrected chi connectivity index (χ1v) is 10.2. The molecule has 2 aromatic rings. The summed E-state index contributed by atoms with van der Waals surface area (Å²) in [5, 5.41) is 9.51. The first kappa shape index (κ1) is 22.4. The second-order valence-electron chi connectivity index (χ2n) is 7.70. The Morgan fingerprint density at radius 1 is 1.10 bits per heavy atom. The van der Waals surface area contributed by atoms with E-state index in [1.165, 1.54) is 25.1 Å². The fraction of sp³-hybridized carbons (Fsp3) is 0.417. The Morgan fingerprint density at radius 3 is 2.47 bits per heavy atom. The van der Waals surface area contributed by atoms with Gasteiger partial charge < -0.3 is 14.6 Å². The number of hydrogen-bond acceptors (Lipinski definition) is 3. The highest BCUT2D eigenvalue weighted by molar-refractivity contribution is 5.33. The van der Waals surface area contributed by atoms with E-state index in [4.69, 9.17) is 9.47 Å². The van der Waals surface area contributed by atoms with E-state index in [9.17, 15) is 18.3 Å². The molecular formula is C24H27F3O3. The van der Waals surface area contributed by atoms with Crippen molar-refractivity contribution in [1.29, 1.82) is 0 Å². The number of rotatable bonds is 8. The van der Waals surface area contributed by atoms with Gasteiger partial charge in [0, 0.05) is 5.56 Å². The lowest BCUT2D eigenvalue weighted by atomic mass is 9.82. The van der Waals surface area contributed by atoms with Crippen LogP contribution in [-0.4, -0.2) is 17.8 Å². The highest BCUT2D eigenvalue weighted by atomic mass is 19.2. The standard InChI is InChI=1S/C24H27F3O3/c1-3-12-29-22-11-10-20(23(26)24(22)27)17-5-7-18(8-6-17)30-14-16-4-9-19(15(2)28)21(25)13-16/h3-4,9-11,13,15,17-18,28H,1,5-8,12,14H2,2H3. The summed E-state index contributed by atoms with van der Waals surface area (Å²) >= 11 is 0. The molecule has 1 saturated carbocycles. The zero-order chi connectivity index (χ0) is 21.7. The summed E-state index contributed by atoms with van der Waals surface area (Å²) in [4.78, 5) is 0. The average molecular weight is 420 g/mol. The van der Waals surface area contributed by atoms with Crippen LogP contribution < -0.4 is 4.74 Å². The van der Waals surface area contributed by atoms with E-state index in [1.54, 1.807) is 18.2 Å². The Kier molecular flexibility index (Phi) is 7.56. The quantitative estimate of drug-likeness (QED) is 0.535. The number of hydrogen-bond donors (Lipinski definition) is 1. The van der Waals surface area contributed by atoms with Gasteiger partial charge in [-0.25, -0.2) is 8.78 Å². The van der Waals surface area contributed by atoms with Crippen molar-refractivity contribution in [2.24, 2.45) is 0 Å². The van der Waals surface area contributed by atoms with Crippen molar-refractivity contribution in [3.8, 4) is 5.75 Å². The van der Waals surface area contributed by atoms with Crippen LogP contribution in [-0.2, 0) is 11.3 Å². The van der Waals surface area contributed by atoms with Gasteiger partial charge >= 0.3 is 0 Å². The van der Waals surface area contributed by atoms with Gasteiger partial charge in [0.2, 0.25) is 5.82 Å². The Labute approximate surface area is 175 Å². The largest absolute Gasteiger partial charge is 0.486 e. The summed E-state index contributed by atoms with van der Waals surface area (Å²) in [6.45, 7) is 5.39. The van der Waals surface area contributed by atoms with Gasteiger partial charge in [-0.15, -0.1) is 0 Å². The lowest BCUT2D eigenvalue weighted by Gasteiger charge is -2.29. The topological polar surface area (TPSA) is 38.7 Å². The molecule has 2 aromatic carbocycles. The summed E-state index contributed by atoms with van der Waals surface area (Å²) in [6, 6.07) is 7.74. The van der Waals surface area contributed by atoms with Gasteiger partial charge in [0.05, 0.1) is 18.8 Å². The number of aliphatic hydroxyl groups excluding tert-OH is 1. The second kappa shape index (κ2) is 10.1. The van der Waals surface area contributed by atoms with E-state index in [0.717, 1.165) is 0 Å². The van der Waals surface area contributed by atoms with Crippen LogP contribution in [0.1, 0.15) is 61.3 Å². The summed E-state index contributed by atoms with van der Waals surface area (Å²) in [7, 11) is 0. The molecule has 0 saturated heterocycles. The van der Waals surface area contributed by atoms with Crippen LogP contribution in [0.2, 0.25) is 0 Å². The van der Waals surface area contributed by atoms with Crippen LogP contribution in [0.25, 0.3) is 0 Å². The van der Waals surface area contributed by atoms with E-state index < -0.39 is 23.6 Å². The molecule has 30 heavy (non-hydrogen) atoms. The zero-order valence-corrected chi connectivity index (χ0v) is 17.0. The van der Waals surface area contributed by atoms with E-state index >= 15 is 0 Å². The predicted molar refractivity (Wildman–Crippen MR) is 109 cm³/mol. The van der Waals surface area contributed by atoms with Crippen molar-refractivity contribution in [2.75, 3.05) is 6.61 Å². The van der Waals surface area contributed by atoms with E-state index in [2.05, 4.69) is 6.58 Å². The zero-order valence-electron chi connectivity index (χ0n) is 17.0. The van der Waals surface area contributed by atoms with Gasteiger partial charge in [-0.2, -0.15) is 4.39 Å². The van der Waals surface area contributed by atoms with Crippen LogP contribution in [0.15, 0.2) is 43.0 Å². The van der Waals surface area contributed by atoms with Crippen LogP contribution in [0.3, 0.4) is 0 Å². The first-order valence-electron chi connectivity index (χ1n) is 10.2. The maximum Gasteiger partial charge on any atom is 0.200 e. The fourth-order valence-corrected chi connectivity index (χ4v) is 3.88. The fourth-order valence-electron chi connectivity index (χ4n) is 3.88. The molecule has 0 aliphatic heterocycles. The van der Waals surface area contributed by atoms with Gasteiger partial charge in [-0.05, 0) is 61.8 Å². The molecule has 162 valence electrons. The van der Waals surface area contributed by atoms with Gasteiger partial charge in [0.15, 0.2) is 11.6 Å². The summed E-state index contributed by atoms with van der Waals surface area (Å²) in [5.41, 5.74) is 1.32. The molecule has 0 spiro atoms. The maximum absolute atomic E-state index is 14.5. The molecular weight excluding hydrogens is 393 g/mol. The highest BCUT2D eigenvalue weighted by Gasteiger charge is 2.27. The number of halogens is 3. The van der Waals surface area contributed by atoms with Crippen molar-refractivity contribution in [1.82, 2.24) is 0 Å². The van der Waals surface area contributed by atoms with Crippen molar-refractivity contribution < 1.29 is 27.8 Å². The molecule has 0 bridgehead atoms. The molecule has 1 aliphatic carbocycles. The van der Waals surface area contributed by atoms with Crippen LogP contribution >= 0.6 is 0 Å². The van der Waals surface area contributed by atoms with Gasteiger partial charge in [0.25, 0.3) is 0 Å². The molecule has 0 heterocycles. The third-order valence-corrected chi connectivity index (χ3v) is 5.55. The average Bonchev–Trinajstić information content (AvgIpc) is 2.73. The molecule has 1 aliphatic rings. The van der Waals surface area contributed by atoms with Crippen molar-refractivity contribution >= 4 is 0 Å². The lowest BCUT2D eigenvalue weighted by Crippen LogP contribution is -2.21. The molecule has 1 unspecified atom stereocenters. The van der Waals surface area contributed by atoms with Crippen molar-refractivity contribution in [3.63, 3.8) is 0 Å². The minimum absolute atomic E-state index is 0.0103. The van der Waals surface area contributed by atoms with Crippen molar-refractivity contribution in [3.05, 3.63) is 77.1 Å². The third-order valence-electron chi connectivity index (χ3n) is 5.55. The number of ether oxygens (including phenoxy) is 2. The van der Waals surface area contributed by atoms with E-state index in [-0.39, 0.29) is 36.5 Å². The summed E-state index contributed by atoms with van der Waals surface area (Å²) in [6.07, 6.45) is 3.41. The Balaban J connectivity index is 1.54. The molecule has 0 radical (unpaired) electrons. The summed E-state index contributed by atoms with van der Waals surface area (Å²) in [5.74, 6) is -2.45. The minimum atomic E-state index is -0.963. The minimum Gasteiger partial charge on any atom is -0.486 e. The maximum atomic E-state index is 14.5. The lowest BCUT2D eigenvalue weighted by molar-refractivity contribution is 0.0129. The van der Waals surface area contributed by atoms with Crippen LogP contribution in [0.5, 0.6) is 5.75 Å². The van der Waals surface area contributed by atoms with Crippen molar-refractivity contribution in [2.45, 2.75) is 57.3 Å². The van der Waals surface area contributed by atoms with E-state index in [0.29, 0.717) is 36.8 Å². The molecule has 6 heteroatoms. The Morgan fingerprint density at radius 2 is 1.83 bits per heavy atom. The molecule has 3 nitrogen and oxygen atoms in total. The van der Waals surface area contributed by atoms with Gasteiger partial charge in [-0.3, -0.25) is 0 Å². The number of benzene rings is 2. The second-order valence-corrected chi connectivity index (χ2v) is 7.70. The molecule has 1 N–H and O–H groups in total. The molecule has 1 fully saturated rings. The SMILES string of the molecule is C=CCOc1ccc(C2CCC(OCc3ccc(C(C)O)c(F)c3)CC2)c(F)c1F. The normalized spacial score (nSPS) is 20.0. The van der Waals surface area contributed by atoms with Crippen LogP contribution in [0.4, 0.5) is 13.2 Å². The van der Waals surface area contributed by atoms with E-state index in [1.807, 2.05) is 0 Å². The smallest absolute Gasteiger partial charge is 0.200 e. The number of aliphatic hydroxyl groups is 1. The molecule has 1 atom stereocenters. The van der Waals surface area contributed by atoms with Gasteiger partial charge in [-0.1, -0.05) is 30.9 Å². The molecule has 0 aromatic heterocycles. The monoisotopic (exact) mass is 420 g/mol. The third kappa shape index (κ3) is 5.24. The highest BCUT2D eigenvalue weighted by Crippen LogP contribution is 2.37. The van der Waals surface area contributed by atoms with Gasteiger partial charge in [0.1, 0.15) is 12.4 Å². The van der Waals surface area contributed by atoms with Crippen LogP contribution in [0, 0.1) is 17.5 Å². The summed E-state index contributed by atoms with van der Waals surface area (Å²) < 4.78 is 53.7.